The zero-order valence-corrected chi connectivity index (χ0v) is 20.8. The van der Waals surface area contributed by atoms with Crippen LogP contribution in [0.5, 0.6) is 5.75 Å². The van der Waals surface area contributed by atoms with E-state index >= 15 is 0 Å². The van der Waals surface area contributed by atoms with Crippen LogP contribution >= 0.6 is 0 Å². The highest BCUT2D eigenvalue weighted by Gasteiger charge is 2.31. The lowest BCUT2D eigenvalue weighted by molar-refractivity contribution is -0.139. The van der Waals surface area contributed by atoms with Gasteiger partial charge in [-0.15, -0.1) is 0 Å². The zero-order chi connectivity index (χ0) is 24.7. The number of sulfonamides is 1. The van der Waals surface area contributed by atoms with Crippen molar-refractivity contribution in [2.24, 2.45) is 0 Å². The van der Waals surface area contributed by atoms with Crippen LogP contribution in [0.2, 0.25) is 0 Å². The van der Waals surface area contributed by atoms with E-state index < -0.39 is 28.5 Å². The summed E-state index contributed by atoms with van der Waals surface area (Å²) in [6.45, 7) is 1.44. The van der Waals surface area contributed by atoms with Gasteiger partial charge in [0.1, 0.15) is 18.3 Å². The average Bonchev–Trinajstić information content (AvgIpc) is 3.33. The molecule has 0 radical (unpaired) electrons. The highest BCUT2D eigenvalue weighted by atomic mass is 32.2. The van der Waals surface area contributed by atoms with Crippen molar-refractivity contribution in [1.82, 2.24) is 10.2 Å². The molecule has 1 N–H and O–H groups in total. The lowest BCUT2D eigenvalue weighted by atomic mass is 10.1. The summed E-state index contributed by atoms with van der Waals surface area (Å²) in [6.07, 6.45) is 5.08. The smallest absolute Gasteiger partial charge is 0.244 e. The maximum atomic E-state index is 13.5. The van der Waals surface area contributed by atoms with Crippen molar-refractivity contribution in [3.05, 3.63) is 60.2 Å². The molecule has 0 aliphatic heterocycles. The molecule has 0 saturated heterocycles. The fourth-order valence-corrected chi connectivity index (χ4v) is 4.96. The van der Waals surface area contributed by atoms with Gasteiger partial charge in [0.05, 0.1) is 19.1 Å². The molecular weight excluding hydrogens is 454 g/mol. The predicted molar refractivity (Wildman–Crippen MR) is 132 cm³/mol. The highest BCUT2D eigenvalue weighted by molar-refractivity contribution is 7.92. The fraction of sp³-hybridized carbons (Fsp3) is 0.440. The van der Waals surface area contributed by atoms with Crippen molar-refractivity contribution in [2.75, 3.05) is 24.2 Å². The van der Waals surface area contributed by atoms with Crippen LogP contribution in [0, 0.1) is 0 Å². The molecule has 0 spiro atoms. The van der Waals surface area contributed by atoms with Crippen LogP contribution in [-0.2, 0) is 26.2 Å². The third-order valence-electron chi connectivity index (χ3n) is 6.10. The molecule has 2 amide bonds. The van der Waals surface area contributed by atoms with Gasteiger partial charge in [0.25, 0.3) is 0 Å². The number of hydrogen-bond donors (Lipinski definition) is 1. The Hall–Kier alpha value is -3.07. The van der Waals surface area contributed by atoms with Crippen LogP contribution < -0.4 is 14.4 Å². The van der Waals surface area contributed by atoms with Gasteiger partial charge in [0, 0.05) is 12.6 Å². The fourth-order valence-electron chi connectivity index (χ4n) is 4.11. The van der Waals surface area contributed by atoms with E-state index in [1.54, 1.807) is 56.5 Å². The second kappa shape index (κ2) is 11.4. The maximum absolute atomic E-state index is 13.5. The maximum Gasteiger partial charge on any atom is 0.244 e. The van der Waals surface area contributed by atoms with E-state index in [1.807, 2.05) is 12.1 Å². The first kappa shape index (κ1) is 25.6. The molecule has 0 unspecified atom stereocenters. The molecule has 9 heteroatoms. The Balaban J connectivity index is 1.85. The molecular formula is C25H33N3O5S. The van der Waals surface area contributed by atoms with E-state index in [4.69, 9.17) is 4.74 Å². The van der Waals surface area contributed by atoms with Gasteiger partial charge in [-0.2, -0.15) is 0 Å². The average molecular weight is 488 g/mol. The normalized spacial score (nSPS) is 14.9. The molecule has 0 aromatic heterocycles. The first-order valence-electron chi connectivity index (χ1n) is 11.4. The molecule has 2 aromatic rings. The van der Waals surface area contributed by atoms with Gasteiger partial charge in [0.15, 0.2) is 0 Å². The zero-order valence-electron chi connectivity index (χ0n) is 19.9. The monoisotopic (exact) mass is 487 g/mol. The molecule has 0 heterocycles. The van der Waals surface area contributed by atoms with Gasteiger partial charge in [-0.05, 0) is 49.6 Å². The van der Waals surface area contributed by atoms with E-state index in [9.17, 15) is 18.0 Å². The molecule has 1 fully saturated rings. The number of benzene rings is 2. The van der Waals surface area contributed by atoms with Crippen molar-refractivity contribution < 1.29 is 22.7 Å². The topological polar surface area (TPSA) is 96.0 Å². The Morgan fingerprint density at radius 2 is 1.68 bits per heavy atom. The van der Waals surface area contributed by atoms with E-state index in [2.05, 4.69) is 5.32 Å². The van der Waals surface area contributed by atoms with Crippen LogP contribution in [0.15, 0.2) is 54.6 Å². The summed E-state index contributed by atoms with van der Waals surface area (Å²) in [5.41, 5.74) is 1.20. The molecule has 1 atom stereocenters. The minimum absolute atomic E-state index is 0.115. The third kappa shape index (κ3) is 6.72. The number of amides is 2. The Morgan fingerprint density at radius 1 is 1.06 bits per heavy atom. The number of rotatable bonds is 10. The third-order valence-corrected chi connectivity index (χ3v) is 7.24. The van der Waals surface area contributed by atoms with Crippen LogP contribution in [0.25, 0.3) is 0 Å². The molecule has 8 nitrogen and oxygen atoms in total. The highest BCUT2D eigenvalue weighted by Crippen LogP contribution is 2.21. The minimum Gasteiger partial charge on any atom is -0.497 e. The first-order chi connectivity index (χ1) is 16.2. The molecule has 184 valence electrons. The second-order valence-corrected chi connectivity index (χ2v) is 10.5. The Bertz CT molecular complexity index is 1070. The van der Waals surface area contributed by atoms with Crippen LogP contribution in [0.1, 0.15) is 38.2 Å². The molecule has 0 bridgehead atoms. The van der Waals surface area contributed by atoms with E-state index in [0.29, 0.717) is 11.4 Å². The summed E-state index contributed by atoms with van der Waals surface area (Å²) >= 11 is 0. The van der Waals surface area contributed by atoms with Crippen molar-refractivity contribution in [2.45, 2.75) is 51.2 Å². The van der Waals surface area contributed by atoms with Gasteiger partial charge < -0.3 is 15.0 Å². The van der Waals surface area contributed by atoms with E-state index in [1.165, 1.54) is 4.90 Å². The van der Waals surface area contributed by atoms with Crippen LogP contribution in [0.3, 0.4) is 0 Å². The first-order valence-corrected chi connectivity index (χ1v) is 13.3. The number of para-hydroxylation sites is 1. The van der Waals surface area contributed by atoms with Crippen molar-refractivity contribution >= 4 is 27.5 Å². The molecule has 34 heavy (non-hydrogen) atoms. The van der Waals surface area contributed by atoms with E-state index in [-0.39, 0.29) is 18.5 Å². The van der Waals surface area contributed by atoms with Crippen molar-refractivity contribution in [3.63, 3.8) is 0 Å². The lowest BCUT2D eigenvalue weighted by Crippen LogP contribution is -2.52. The number of carbonyl (C=O) groups excluding carboxylic acids is 2. The van der Waals surface area contributed by atoms with Gasteiger partial charge in [-0.25, -0.2) is 8.42 Å². The van der Waals surface area contributed by atoms with Crippen LogP contribution in [-0.4, -0.2) is 57.1 Å². The molecule has 1 aliphatic rings. The SMILES string of the molecule is COc1ccc(CN(C(=O)CN(c2ccccc2)S(C)(=O)=O)[C@H](C)C(=O)NC2CCCC2)cc1. The molecule has 3 rings (SSSR count). The quantitative estimate of drug-likeness (QED) is 0.556. The number of methoxy groups -OCH3 is 1. The summed E-state index contributed by atoms with van der Waals surface area (Å²) < 4.78 is 31.3. The molecule has 2 aromatic carbocycles. The summed E-state index contributed by atoms with van der Waals surface area (Å²) in [6, 6.07) is 15.0. The predicted octanol–water partition coefficient (Wildman–Crippen LogP) is 2.94. The Labute approximate surface area is 201 Å². The molecule has 1 aliphatic carbocycles. The Kier molecular flexibility index (Phi) is 8.55. The summed E-state index contributed by atoms with van der Waals surface area (Å²) in [5, 5.41) is 3.05. The number of ether oxygens (including phenoxy) is 1. The summed E-state index contributed by atoms with van der Waals surface area (Å²) in [7, 11) is -2.15. The standard InChI is InChI=1S/C25H33N3O5S/c1-19(25(30)26-21-9-7-8-10-21)27(17-20-13-15-23(33-2)16-14-20)24(29)18-28(34(3,31)32)22-11-5-4-6-12-22/h4-6,11-16,19,21H,7-10,17-18H2,1-3H3,(H,26,30)/t19-/m1/s1. The number of nitrogens with one attached hydrogen (secondary N) is 1. The van der Waals surface area contributed by atoms with Gasteiger partial charge in [-0.3, -0.25) is 13.9 Å². The van der Waals surface area contributed by atoms with Gasteiger partial charge >= 0.3 is 0 Å². The number of nitrogens with zero attached hydrogens (tertiary/aromatic N) is 2. The number of anilines is 1. The van der Waals surface area contributed by atoms with Crippen LogP contribution in [0.4, 0.5) is 5.69 Å². The second-order valence-electron chi connectivity index (χ2n) is 8.64. The van der Waals surface area contributed by atoms with Gasteiger partial charge in [-0.1, -0.05) is 43.2 Å². The lowest BCUT2D eigenvalue weighted by Gasteiger charge is -2.32. The largest absolute Gasteiger partial charge is 0.497 e. The van der Waals surface area contributed by atoms with Crippen molar-refractivity contribution in [3.8, 4) is 5.75 Å². The summed E-state index contributed by atoms with van der Waals surface area (Å²) in [5.74, 6) is -0.0143. The van der Waals surface area contributed by atoms with Crippen molar-refractivity contribution in [1.29, 1.82) is 0 Å². The van der Waals surface area contributed by atoms with Gasteiger partial charge in [0.2, 0.25) is 21.8 Å². The minimum atomic E-state index is -3.72. The Morgan fingerprint density at radius 3 is 2.24 bits per heavy atom. The number of carbonyl (C=O) groups is 2. The number of hydrogen-bond acceptors (Lipinski definition) is 5. The van der Waals surface area contributed by atoms with E-state index in [0.717, 1.165) is 41.8 Å². The molecule has 1 saturated carbocycles. The summed E-state index contributed by atoms with van der Waals surface area (Å²) in [4.78, 5) is 28.0.